The van der Waals surface area contributed by atoms with Gasteiger partial charge in [-0.3, -0.25) is 14.3 Å². The molecule has 1 aromatic carbocycles. The summed E-state index contributed by atoms with van der Waals surface area (Å²) < 4.78 is 38.9. The largest absolute Gasteiger partial charge is 0.304 e. The van der Waals surface area contributed by atoms with E-state index in [0.29, 0.717) is 5.56 Å². The Kier molecular flexibility index (Phi) is 4.51. The maximum atomic E-state index is 13.2. The molecule has 0 unspecified atom stereocenters. The van der Waals surface area contributed by atoms with Crippen LogP contribution in [0.2, 0.25) is 0 Å². The highest BCUT2D eigenvalue weighted by Gasteiger charge is 2.12. The Bertz CT molecular complexity index is 582. The Balaban J connectivity index is 2.72. The van der Waals surface area contributed by atoms with Gasteiger partial charge in [0.1, 0.15) is 0 Å². The highest BCUT2D eigenvalue weighted by Crippen LogP contribution is 2.18. The van der Waals surface area contributed by atoms with E-state index in [2.05, 4.69) is 4.18 Å². The summed E-state index contributed by atoms with van der Waals surface area (Å²) in [5.41, 5.74) is -0.241. The van der Waals surface area contributed by atoms with E-state index in [4.69, 9.17) is 0 Å². The Labute approximate surface area is 103 Å². The molecule has 18 heavy (non-hydrogen) atoms. The SMILES string of the molecule is CS(=O)(=O)OC/C=C/c1ccc([N+](=O)[O-])c(F)c1. The number of benzene rings is 1. The molecule has 0 spiro atoms. The number of nitro groups is 1. The maximum Gasteiger partial charge on any atom is 0.304 e. The first-order valence-electron chi connectivity index (χ1n) is 4.74. The van der Waals surface area contributed by atoms with Gasteiger partial charge in [-0.05, 0) is 17.7 Å². The van der Waals surface area contributed by atoms with Crippen LogP contribution in [0.25, 0.3) is 6.08 Å². The maximum absolute atomic E-state index is 13.2. The van der Waals surface area contributed by atoms with E-state index in [0.717, 1.165) is 18.4 Å². The second-order valence-corrected chi connectivity index (χ2v) is 5.00. The highest BCUT2D eigenvalue weighted by molar-refractivity contribution is 7.85. The number of halogens is 1. The fraction of sp³-hybridized carbons (Fsp3) is 0.200. The summed E-state index contributed by atoms with van der Waals surface area (Å²) in [5, 5.41) is 10.4. The zero-order valence-corrected chi connectivity index (χ0v) is 10.2. The second kappa shape index (κ2) is 5.69. The lowest BCUT2D eigenvalue weighted by Gasteiger charge is -1.97. The van der Waals surface area contributed by atoms with Gasteiger partial charge in [-0.25, -0.2) is 0 Å². The number of hydrogen-bond acceptors (Lipinski definition) is 5. The van der Waals surface area contributed by atoms with Crippen molar-refractivity contribution in [2.75, 3.05) is 12.9 Å². The Morgan fingerprint density at radius 1 is 1.50 bits per heavy atom. The van der Waals surface area contributed by atoms with Crippen molar-refractivity contribution in [1.82, 2.24) is 0 Å². The first kappa shape index (κ1) is 14.3. The average molecular weight is 275 g/mol. The van der Waals surface area contributed by atoms with E-state index < -0.39 is 26.5 Å². The topological polar surface area (TPSA) is 86.5 Å². The average Bonchev–Trinajstić information content (AvgIpc) is 2.22. The van der Waals surface area contributed by atoms with Crippen molar-refractivity contribution >= 4 is 21.9 Å². The van der Waals surface area contributed by atoms with Gasteiger partial charge in [-0.1, -0.05) is 12.2 Å². The minimum absolute atomic E-state index is 0.183. The van der Waals surface area contributed by atoms with Gasteiger partial charge in [-0.15, -0.1) is 0 Å². The normalized spacial score (nSPS) is 11.9. The first-order valence-corrected chi connectivity index (χ1v) is 6.56. The van der Waals surface area contributed by atoms with E-state index >= 15 is 0 Å². The summed E-state index contributed by atoms with van der Waals surface area (Å²) in [6, 6.07) is 3.36. The van der Waals surface area contributed by atoms with Gasteiger partial charge in [-0.2, -0.15) is 12.8 Å². The Hall–Kier alpha value is -1.80. The van der Waals surface area contributed by atoms with Gasteiger partial charge in [0, 0.05) is 6.07 Å². The molecule has 0 saturated heterocycles. The van der Waals surface area contributed by atoms with Gasteiger partial charge < -0.3 is 0 Å². The second-order valence-electron chi connectivity index (χ2n) is 3.36. The molecule has 0 aliphatic rings. The van der Waals surface area contributed by atoms with Crippen LogP contribution >= 0.6 is 0 Å². The van der Waals surface area contributed by atoms with Crippen LogP contribution < -0.4 is 0 Å². The fourth-order valence-corrected chi connectivity index (χ4v) is 1.45. The summed E-state index contributed by atoms with van der Waals surface area (Å²) in [4.78, 5) is 9.54. The first-order chi connectivity index (χ1) is 8.29. The molecular weight excluding hydrogens is 265 g/mol. The third kappa shape index (κ3) is 4.60. The molecule has 0 fully saturated rings. The molecule has 1 rings (SSSR count). The van der Waals surface area contributed by atoms with Gasteiger partial charge in [0.05, 0.1) is 17.8 Å². The van der Waals surface area contributed by atoms with Crippen LogP contribution in [0, 0.1) is 15.9 Å². The van der Waals surface area contributed by atoms with Crippen molar-refractivity contribution in [2.24, 2.45) is 0 Å². The lowest BCUT2D eigenvalue weighted by Crippen LogP contribution is -2.01. The molecule has 0 aromatic heterocycles. The molecule has 0 heterocycles. The molecule has 0 aliphatic carbocycles. The van der Waals surface area contributed by atoms with Crippen molar-refractivity contribution in [3.05, 3.63) is 45.8 Å². The molecule has 6 nitrogen and oxygen atoms in total. The van der Waals surface area contributed by atoms with Crippen molar-refractivity contribution in [2.45, 2.75) is 0 Å². The van der Waals surface area contributed by atoms with Gasteiger partial charge >= 0.3 is 5.69 Å². The Morgan fingerprint density at radius 3 is 2.67 bits per heavy atom. The molecule has 0 radical (unpaired) electrons. The summed E-state index contributed by atoms with van der Waals surface area (Å²) in [7, 11) is -3.52. The van der Waals surface area contributed by atoms with Crippen molar-refractivity contribution in [1.29, 1.82) is 0 Å². The predicted octanol–water partition coefficient (Wildman–Crippen LogP) is 1.72. The molecule has 0 atom stereocenters. The zero-order valence-electron chi connectivity index (χ0n) is 9.37. The lowest BCUT2D eigenvalue weighted by atomic mass is 10.2. The van der Waals surface area contributed by atoms with E-state index in [1.807, 2.05) is 0 Å². The third-order valence-electron chi connectivity index (χ3n) is 1.86. The molecule has 98 valence electrons. The van der Waals surface area contributed by atoms with E-state index in [1.165, 1.54) is 18.2 Å². The van der Waals surface area contributed by atoms with Crippen LogP contribution in [-0.4, -0.2) is 26.2 Å². The smallest absolute Gasteiger partial charge is 0.266 e. The van der Waals surface area contributed by atoms with Gasteiger partial charge in [0.2, 0.25) is 5.82 Å². The van der Waals surface area contributed by atoms with Crippen LogP contribution in [0.1, 0.15) is 5.56 Å². The molecular formula is C10H10FNO5S. The quantitative estimate of drug-likeness (QED) is 0.464. The third-order valence-corrected chi connectivity index (χ3v) is 2.42. The molecule has 8 heteroatoms. The van der Waals surface area contributed by atoms with Crippen LogP contribution in [0.5, 0.6) is 0 Å². The van der Waals surface area contributed by atoms with E-state index in [-0.39, 0.29) is 6.61 Å². The van der Waals surface area contributed by atoms with Gasteiger partial charge in [0.25, 0.3) is 10.1 Å². The minimum Gasteiger partial charge on any atom is -0.266 e. The van der Waals surface area contributed by atoms with Crippen LogP contribution in [0.15, 0.2) is 24.3 Å². The molecule has 0 bridgehead atoms. The summed E-state index contributed by atoms with van der Waals surface area (Å²) in [6.45, 7) is -0.183. The van der Waals surface area contributed by atoms with E-state index in [1.54, 1.807) is 0 Å². The van der Waals surface area contributed by atoms with Crippen LogP contribution in [0.4, 0.5) is 10.1 Å². The standard InChI is InChI=1S/C10H10FNO5S/c1-18(15,16)17-6-2-3-8-4-5-10(12(13)14)9(11)7-8/h2-5,7H,6H2,1H3/b3-2+. The summed E-state index contributed by atoms with van der Waals surface area (Å²) in [6.07, 6.45) is 3.67. The highest BCUT2D eigenvalue weighted by atomic mass is 32.2. The molecule has 0 saturated carbocycles. The number of rotatable bonds is 5. The summed E-state index contributed by atoms with van der Waals surface area (Å²) >= 11 is 0. The monoisotopic (exact) mass is 275 g/mol. The lowest BCUT2D eigenvalue weighted by molar-refractivity contribution is -0.387. The van der Waals surface area contributed by atoms with Crippen molar-refractivity contribution in [3.8, 4) is 0 Å². The molecule has 0 amide bonds. The Morgan fingerprint density at radius 2 is 2.17 bits per heavy atom. The van der Waals surface area contributed by atoms with Crippen molar-refractivity contribution in [3.63, 3.8) is 0 Å². The van der Waals surface area contributed by atoms with Gasteiger partial charge in [0.15, 0.2) is 0 Å². The molecule has 0 N–H and O–H groups in total. The summed E-state index contributed by atoms with van der Waals surface area (Å²) in [5.74, 6) is -0.953. The zero-order chi connectivity index (χ0) is 13.8. The fourth-order valence-electron chi connectivity index (χ4n) is 1.12. The van der Waals surface area contributed by atoms with Crippen LogP contribution in [-0.2, 0) is 14.3 Å². The number of nitro benzene ring substituents is 1. The van der Waals surface area contributed by atoms with E-state index in [9.17, 15) is 22.9 Å². The molecule has 1 aromatic rings. The number of hydrogen-bond donors (Lipinski definition) is 0. The van der Waals surface area contributed by atoms with Crippen molar-refractivity contribution < 1.29 is 21.9 Å². The number of nitrogens with zero attached hydrogens (tertiary/aromatic N) is 1. The van der Waals surface area contributed by atoms with Crippen LogP contribution in [0.3, 0.4) is 0 Å². The predicted molar refractivity (Wildman–Crippen MR) is 62.9 cm³/mol. The molecule has 0 aliphatic heterocycles. The minimum atomic E-state index is -3.52.